The van der Waals surface area contributed by atoms with Gasteiger partial charge in [-0.05, 0) is 68.3 Å². The Morgan fingerprint density at radius 1 is 0.941 bits per heavy atom. The van der Waals surface area contributed by atoms with Gasteiger partial charge in [0.1, 0.15) is 0 Å². The summed E-state index contributed by atoms with van der Waals surface area (Å²) in [5, 5.41) is 18.7. The van der Waals surface area contributed by atoms with Gasteiger partial charge < -0.3 is 10.0 Å². The molecule has 17 heavy (non-hydrogen) atoms. The van der Waals surface area contributed by atoms with E-state index < -0.39 is 7.12 Å². The smallest absolute Gasteiger partial charge is 0.423 e. The van der Waals surface area contributed by atoms with Gasteiger partial charge in [-0.15, -0.1) is 0 Å². The highest BCUT2D eigenvalue weighted by Crippen LogP contribution is 2.41. The molecule has 0 fully saturated rings. The molecule has 0 atom stereocenters. The normalized spacial score (nSPS) is 20.7. The van der Waals surface area contributed by atoms with E-state index in [2.05, 4.69) is 26.8 Å². The Hall–Kier alpha value is -1.06. The first-order chi connectivity index (χ1) is 7.93. The van der Waals surface area contributed by atoms with Crippen LogP contribution < -0.4 is 0 Å². The fourth-order valence-electron chi connectivity index (χ4n) is 2.69. The summed E-state index contributed by atoms with van der Waals surface area (Å²) >= 11 is 0. The van der Waals surface area contributed by atoms with Gasteiger partial charge in [0.15, 0.2) is 0 Å². The highest BCUT2D eigenvalue weighted by atomic mass is 16.4. The molecule has 0 saturated heterocycles. The molecule has 2 N–H and O–H groups in total. The third-order valence-electron chi connectivity index (χ3n) is 4.20. The summed E-state index contributed by atoms with van der Waals surface area (Å²) in [4.78, 5) is 0. The van der Waals surface area contributed by atoms with E-state index in [1.165, 1.54) is 27.9 Å². The summed E-state index contributed by atoms with van der Waals surface area (Å²) < 4.78 is 0. The second-order valence-corrected chi connectivity index (χ2v) is 5.00. The Kier molecular flexibility index (Phi) is 3.15. The van der Waals surface area contributed by atoms with Crippen LogP contribution in [-0.2, 0) is 0 Å². The molecule has 0 aliphatic heterocycles. The van der Waals surface area contributed by atoms with Gasteiger partial charge in [-0.25, -0.2) is 0 Å². The van der Waals surface area contributed by atoms with Crippen molar-refractivity contribution in [3.05, 3.63) is 45.0 Å². The van der Waals surface area contributed by atoms with Crippen LogP contribution in [-0.4, -0.2) is 17.2 Å². The van der Waals surface area contributed by atoms with Gasteiger partial charge in [-0.1, -0.05) is 17.2 Å². The molecule has 3 heteroatoms. The molecule has 0 unspecified atom stereocenters. The zero-order valence-electron chi connectivity index (χ0n) is 11.0. The maximum absolute atomic E-state index is 9.36. The minimum Gasteiger partial charge on any atom is -0.423 e. The van der Waals surface area contributed by atoms with Gasteiger partial charge in [0.2, 0.25) is 0 Å². The van der Waals surface area contributed by atoms with E-state index in [0.717, 1.165) is 17.5 Å². The van der Waals surface area contributed by atoms with E-state index >= 15 is 0 Å². The van der Waals surface area contributed by atoms with Crippen molar-refractivity contribution in [2.45, 2.75) is 40.5 Å². The number of rotatable bonds is 2. The largest absolute Gasteiger partial charge is 0.484 e. The van der Waals surface area contributed by atoms with Gasteiger partial charge in [0.05, 0.1) is 0 Å². The first-order valence-electron chi connectivity index (χ1n) is 6.06. The van der Waals surface area contributed by atoms with Crippen molar-refractivity contribution in [1.82, 2.24) is 0 Å². The zero-order valence-corrected chi connectivity index (χ0v) is 11.0. The highest BCUT2D eigenvalue weighted by molar-refractivity contribution is 6.51. The Morgan fingerprint density at radius 2 is 1.59 bits per heavy atom. The molecule has 2 nitrogen and oxygen atoms in total. The second-order valence-electron chi connectivity index (χ2n) is 5.00. The average molecular weight is 230 g/mol. The van der Waals surface area contributed by atoms with E-state index in [0.29, 0.717) is 6.42 Å². The molecule has 0 heterocycles. The van der Waals surface area contributed by atoms with E-state index in [-0.39, 0.29) is 0 Å². The van der Waals surface area contributed by atoms with Crippen LogP contribution in [0.5, 0.6) is 0 Å². The Balaban J connectivity index is 2.35. The first-order valence-corrected chi connectivity index (χ1v) is 6.06. The minimum atomic E-state index is -1.32. The molecule has 2 rings (SSSR count). The van der Waals surface area contributed by atoms with Crippen LogP contribution in [0.15, 0.2) is 45.0 Å². The van der Waals surface area contributed by atoms with E-state index in [1.807, 2.05) is 6.92 Å². The summed E-state index contributed by atoms with van der Waals surface area (Å²) in [5.41, 5.74) is 8.36. The molecule has 2 aliphatic rings. The van der Waals surface area contributed by atoms with Crippen LogP contribution in [0.2, 0.25) is 0 Å². The molecule has 90 valence electrons. The molecule has 0 saturated carbocycles. The van der Waals surface area contributed by atoms with Crippen LogP contribution in [0, 0.1) is 0 Å². The lowest BCUT2D eigenvalue weighted by molar-refractivity contribution is 0.417. The van der Waals surface area contributed by atoms with E-state index in [4.69, 9.17) is 0 Å². The zero-order chi connectivity index (χ0) is 12.7. The van der Waals surface area contributed by atoms with Crippen LogP contribution in [0.3, 0.4) is 0 Å². The summed E-state index contributed by atoms with van der Waals surface area (Å²) in [6.45, 7) is 8.34. The van der Waals surface area contributed by atoms with Crippen LogP contribution in [0.1, 0.15) is 40.5 Å². The minimum absolute atomic E-state index is 0.684. The topological polar surface area (TPSA) is 40.5 Å². The third kappa shape index (κ3) is 1.94. The first kappa shape index (κ1) is 12.4. The summed E-state index contributed by atoms with van der Waals surface area (Å²) in [5.74, 6) is 0. The molecule has 0 aromatic carbocycles. The Morgan fingerprint density at radius 3 is 2.00 bits per heavy atom. The predicted molar refractivity (Wildman–Crippen MR) is 71.3 cm³/mol. The fraction of sp³-hybridized carbons (Fsp3) is 0.429. The lowest BCUT2D eigenvalue weighted by Gasteiger charge is -2.09. The molecule has 0 bridgehead atoms. The predicted octanol–water partition coefficient (Wildman–Crippen LogP) is 2.70. The molecule has 0 aromatic rings. The number of hydrogen-bond acceptors (Lipinski definition) is 2. The van der Waals surface area contributed by atoms with Gasteiger partial charge in [0.25, 0.3) is 0 Å². The monoisotopic (exact) mass is 230 g/mol. The lowest BCUT2D eigenvalue weighted by Crippen LogP contribution is -2.15. The van der Waals surface area contributed by atoms with Crippen molar-refractivity contribution in [3.63, 3.8) is 0 Å². The van der Waals surface area contributed by atoms with Crippen molar-refractivity contribution >= 4 is 7.12 Å². The fourth-order valence-corrected chi connectivity index (χ4v) is 2.69. The quantitative estimate of drug-likeness (QED) is 0.716. The Bertz CT molecular complexity index is 490. The molecular formula is C14H19BO2. The number of allylic oxidation sites excluding steroid dienone is 8. The Labute approximate surface area is 103 Å². The maximum Gasteiger partial charge on any atom is 0.484 e. The average Bonchev–Trinajstić information content (AvgIpc) is 2.73. The second kappa shape index (κ2) is 4.32. The highest BCUT2D eigenvalue weighted by Gasteiger charge is 2.29. The summed E-state index contributed by atoms with van der Waals surface area (Å²) in [7, 11) is -1.32. The molecule has 2 aliphatic carbocycles. The SMILES string of the molecule is CC1=CCC(C2=C(C)C(C)=C(B(O)O)C2)=C1C. The van der Waals surface area contributed by atoms with Crippen molar-refractivity contribution in [2.24, 2.45) is 0 Å². The molecular weight excluding hydrogens is 211 g/mol. The van der Waals surface area contributed by atoms with Crippen molar-refractivity contribution in [1.29, 1.82) is 0 Å². The molecule has 0 radical (unpaired) electrons. The number of hydrogen-bond donors (Lipinski definition) is 2. The van der Waals surface area contributed by atoms with Crippen molar-refractivity contribution in [2.75, 3.05) is 0 Å². The molecule has 0 spiro atoms. The lowest BCUT2D eigenvalue weighted by atomic mass is 9.75. The van der Waals surface area contributed by atoms with Crippen molar-refractivity contribution in [3.8, 4) is 0 Å². The van der Waals surface area contributed by atoms with Gasteiger partial charge in [-0.3, -0.25) is 0 Å². The standard InChI is InChI=1S/C14H19BO2/c1-8-5-6-12(9(8)2)13-7-14(15(16)17)11(4)10(13)3/h5,16-17H,6-7H2,1-4H3. The van der Waals surface area contributed by atoms with Crippen LogP contribution in [0.4, 0.5) is 0 Å². The van der Waals surface area contributed by atoms with Crippen LogP contribution >= 0.6 is 0 Å². The van der Waals surface area contributed by atoms with Gasteiger partial charge in [-0.2, -0.15) is 0 Å². The van der Waals surface area contributed by atoms with Crippen molar-refractivity contribution < 1.29 is 10.0 Å². The summed E-state index contributed by atoms with van der Waals surface area (Å²) in [6.07, 6.45) is 3.91. The van der Waals surface area contributed by atoms with Gasteiger partial charge >= 0.3 is 7.12 Å². The molecule has 0 amide bonds. The maximum atomic E-state index is 9.36. The molecule has 0 aromatic heterocycles. The van der Waals surface area contributed by atoms with E-state index in [9.17, 15) is 10.0 Å². The summed E-state index contributed by atoms with van der Waals surface area (Å²) in [6, 6.07) is 0. The van der Waals surface area contributed by atoms with E-state index in [1.54, 1.807) is 0 Å². The van der Waals surface area contributed by atoms with Gasteiger partial charge in [0, 0.05) is 0 Å². The third-order valence-corrected chi connectivity index (χ3v) is 4.20. The van der Waals surface area contributed by atoms with Crippen LogP contribution in [0.25, 0.3) is 0 Å².